The van der Waals surface area contributed by atoms with E-state index in [1.807, 2.05) is 6.92 Å². The summed E-state index contributed by atoms with van der Waals surface area (Å²) in [5, 5.41) is 15.7. The first kappa shape index (κ1) is 16.9. The number of amides is 1. The Kier molecular flexibility index (Phi) is 6.39. The molecule has 1 heterocycles. The quantitative estimate of drug-likeness (QED) is 0.767. The van der Waals surface area contributed by atoms with Crippen molar-refractivity contribution >= 4 is 18.3 Å². The highest BCUT2D eigenvalue weighted by atomic mass is 35.5. The van der Waals surface area contributed by atoms with Crippen molar-refractivity contribution < 1.29 is 14.3 Å². The van der Waals surface area contributed by atoms with E-state index >= 15 is 0 Å². The summed E-state index contributed by atoms with van der Waals surface area (Å²) in [6.07, 6.45) is -1.02. The third-order valence-corrected chi connectivity index (χ3v) is 3.67. The Labute approximate surface area is 124 Å². The average molecular weight is 303 g/mol. The molecule has 3 N–H and O–H groups in total. The van der Waals surface area contributed by atoms with Crippen molar-refractivity contribution in [3.63, 3.8) is 0 Å². The second kappa shape index (κ2) is 7.57. The van der Waals surface area contributed by atoms with Gasteiger partial charge in [-0.1, -0.05) is 25.1 Å². The van der Waals surface area contributed by atoms with E-state index in [1.165, 1.54) is 12.1 Å². The van der Waals surface area contributed by atoms with Crippen LogP contribution in [0.25, 0.3) is 0 Å². The van der Waals surface area contributed by atoms with Crippen LogP contribution in [0.15, 0.2) is 24.3 Å². The van der Waals surface area contributed by atoms with Gasteiger partial charge < -0.3 is 15.7 Å². The van der Waals surface area contributed by atoms with Crippen molar-refractivity contribution in [3.8, 4) is 0 Å². The maximum atomic E-state index is 13.4. The number of hydrogen-bond donors (Lipinski definition) is 3. The summed E-state index contributed by atoms with van der Waals surface area (Å²) in [5.41, 5.74) is 0.209. The molecule has 1 aliphatic heterocycles. The van der Waals surface area contributed by atoms with Crippen molar-refractivity contribution in [3.05, 3.63) is 35.6 Å². The van der Waals surface area contributed by atoms with Gasteiger partial charge in [-0.15, -0.1) is 12.4 Å². The summed E-state index contributed by atoms with van der Waals surface area (Å²) in [7, 11) is 0. The highest BCUT2D eigenvalue weighted by Crippen LogP contribution is 2.18. The van der Waals surface area contributed by atoms with Crippen LogP contribution in [0.3, 0.4) is 0 Å². The van der Waals surface area contributed by atoms with E-state index < -0.39 is 11.9 Å². The molecule has 1 aromatic carbocycles. The minimum atomic E-state index is -1.02. The van der Waals surface area contributed by atoms with E-state index in [2.05, 4.69) is 10.6 Å². The zero-order chi connectivity index (χ0) is 13.8. The molecule has 2 rings (SSSR count). The van der Waals surface area contributed by atoms with Crippen LogP contribution >= 0.6 is 12.4 Å². The molecule has 1 aromatic rings. The number of aliphatic hydroxyl groups is 1. The van der Waals surface area contributed by atoms with Gasteiger partial charge in [0.05, 0.1) is 6.10 Å². The van der Waals surface area contributed by atoms with Crippen molar-refractivity contribution in [1.82, 2.24) is 10.6 Å². The van der Waals surface area contributed by atoms with Gasteiger partial charge in [-0.05, 0) is 25.1 Å². The fraction of sp³-hybridized carbons (Fsp3) is 0.500. The normalized spacial score (nSPS) is 17.6. The summed E-state index contributed by atoms with van der Waals surface area (Å²) in [5.74, 6) is -0.290. The molecule has 0 spiro atoms. The largest absolute Gasteiger partial charge is 0.386 e. The third-order valence-electron chi connectivity index (χ3n) is 3.67. The van der Waals surface area contributed by atoms with Gasteiger partial charge in [0, 0.05) is 18.0 Å². The van der Waals surface area contributed by atoms with E-state index in [4.69, 9.17) is 0 Å². The van der Waals surface area contributed by atoms with Crippen LogP contribution in [0.5, 0.6) is 0 Å². The molecule has 1 amide bonds. The van der Waals surface area contributed by atoms with Gasteiger partial charge in [0.15, 0.2) is 0 Å². The molecule has 112 valence electrons. The van der Waals surface area contributed by atoms with Crippen LogP contribution in [0.1, 0.15) is 18.6 Å². The summed E-state index contributed by atoms with van der Waals surface area (Å²) in [6, 6.07) is 6.04. The monoisotopic (exact) mass is 302 g/mol. The SMILES string of the molecule is CC(C(=O)NCC(O)c1ccccc1F)C1CNC1.Cl. The Morgan fingerprint density at radius 1 is 1.50 bits per heavy atom. The molecule has 1 fully saturated rings. The Bertz CT molecular complexity index is 455. The molecule has 2 unspecified atom stereocenters. The van der Waals surface area contributed by atoms with Gasteiger partial charge in [0.1, 0.15) is 5.82 Å². The van der Waals surface area contributed by atoms with Gasteiger partial charge in [-0.3, -0.25) is 4.79 Å². The maximum Gasteiger partial charge on any atom is 0.223 e. The second-order valence-electron chi connectivity index (χ2n) is 4.99. The lowest BCUT2D eigenvalue weighted by Gasteiger charge is -2.31. The third kappa shape index (κ3) is 3.91. The molecule has 1 aliphatic rings. The topological polar surface area (TPSA) is 61.4 Å². The number of halogens is 2. The summed E-state index contributed by atoms with van der Waals surface area (Å²) in [4.78, 5) is 11.9. The predicted molar refractivity (Wildman–Crippen MR) is 77.1 cm³/mol. The zero-order valence-corrected chi connectivity index (χ0v) is 12.1. The van der Waals surface area contributed by atoms with Gasteiger partial charge in [-0.2, -0.15) is 0 Å². The molecule has 4 nitrogen and oxygen atoms in total. The minimum absolute atomic E-state index is 0. The molecular weight excluding hydrogens is 283 g/mol. The van der Waals surface area contributed by atoms with E-state index in [9.17, 15) is 14.3 Å². The fourth-order valence-corrected chi connectivity index (χ4v) is 2.09. The first-order valence-electron chi connectivity index (χ1n) is 6.50. The molecule has 6 heteroatoms. The standard InChI is InChI=1S/C14H19FN2O2.ClH/c1-9(10-6-16-7-10)14(19)17-8-13(18)11-4-2-3-5-12(11)15;/h2-5,9-10,13,16,18H,6-8H2,1H3,(H,17,19);1H. The Morgan fingerprint density at radius 3 is 2.70 bits per heavy atom. The van der Waals surface area contributed by atoms with Crippen molar-refractivity contribution in [2.24, 2.45) is 11.8 Å². The number of nitrogens with one attached hydrogen (secondary N) is 2. The molecule has 20 heavy (non-hydrogen) atoms. The van der Waals surface area contributed by atoms with E-state index in [-0.39, 0.29) is 36.3 Å². The molecule has 0 aliphatic carbocycles. The van der Waals surface area contributed by atoms with Gasteiger partial charge >= 0.3 is 0 Å². The van der Waals surface area contributed by atoms with Crippen molar-refractivity contribution in [2.45, 2.75) is 13.0 Å². The zero-order valence-electron chi connectivity index (χ0n) is 11.3. The van der Waals surface area contributed by atoms with Crippen molar-refractivity contribution in [1.29, 1.82) is 0 Å². The number of rotatable bonds is 5. The lowest BCUT2D eigenvalue weighted by Crippen LogP contribution is -2.50. The molecule has 1 saturated heterocycles. The first-order valence-corrected chi connectivity index (χ1v) is 6.50. The molecule has 0 aromatic heterocycles. The fourth-order valence-electron chi connectivity index (χ4n) is 2.09. The summed E-state index contributed by atoms with van der Waals surface area (Å²) in [6.45, 7) is 3.61. The molecule has 2 atom stereocenters. The van der Waals surface area contributed by atoms with E-state index in [0.29, 0.717) is 5.92 Å². The van der Waals surface area contributed by atoms with Gasteiger partial charge in [-0.25, -0.2) is 4.39 Å². The summed E-state index contributed by atoms with van der Waals surface area (Å²) < 4.78 is 13.4. The summed E-state index contributed by atoms with van der Waals surface area (Å²) >= 11 is 0. The number of hydrogen-bond acceptors (Lipinski definition) is 3. The number of benzene rings is 1. The lowest BCUT2D eigenvalue weighted by atomic mass is 9.88. The predicted octanol–water partition coefficient (Wildman–Crippen LogP) is 1.25. The second-order valence-corrected chi connectivity index (χ2v) is 4.99. The highest BCUT2D eigenvalue weighted by Gasteiger charge is 2.28. The van der Waals surface area contributed by atoms with Crippen LogP contribution in [-0.4, -0.2) is 30.6 Å². The van der Waals surface area contributed by atoms with Crippen LogP contribution in [0.2, 0.25) is 0 Å². The molecule has 0 saturated carbocycles. The molecule has 0 bridgehead atoms. The smallest absolute Gasteiger partial charge is 0.223 e. The number of aliphatic hydroxyl groups excluding tert-OH is 1. The van der Waals surface area contributed by atoms with Crippen LogP contribution in [0, 0.1) is 17.7 Å². The van der Waals surface area contributed by atoms with Crippen LogP contribution < -0.4 is 10.6 Å². The van der Waals surface area contributed by atoms with Gasteiger partial charge in [0.2, 0.25) is 5.91 Å². The van der Waals surface area contributed by atoms with Crippen LogP contribution in [0.4, 0.5) is 4.39 Å². The number of carbonyl (C=O) groups excluding carboxylic acids is 1. The van der Waals surface area contributed by atoms with Crippen molar-refractivity contribution in [2.75, 3.05) is 19.6 Å². The van der Waals surface area contributed by atoms with Crippen LogP contribution in [-0.2, 0) is 4.79 Å². The number of carbonyl (C=O) groups is 1. The van der Waals surface area contributed by atoms with E-state index in [0.717, 1.165) is 13.1 Å². The lowest BCUT2D eigenvalue weighted by molar-refractivity contribution is -0.127. The highest BCUT2D eigenvalue weighted by molar-refractivity contribution is 5.85. The van der Waals surface area contributed by atoms with E-state index in [1.54, 1.807) is 12.1 Å². The molecule has 0 radical (unpaired) electrons. The maximum absolute atomic E-state index is 13.4. The Hall–Kier alpha value is -1.17. The Balaban J connectivity index is 0.00000200. The Morgan fingerprint density at radius 2 is 2.15 bits per heavy atom. The average Bonchev–Trinajstić information content (AvgIpc) is 2.34. The molecular formula is C14H20ClFN2O2. The minimum Gasteiger partial charge on any atom is -0.386 e. The first-order chi connectivity index (χ1) is 9.09. The van der Waals surface area contributed by atoms with Gasteiger partial charge in [0.25, 0.3) is 0 Å².